The van der Waals surface area contributed by atoms with Crippen LogP contribution in [0.25, 0.3) is 0 Å². The Hall–Kier alpha value is -2.33. The van der Waals surface area contributed by atoms with Crippen LogP contribution in [-0.2, 0) is 28.4 Å². The number of esters is 1. The molecule has 1 aliphatic rings. The topological polar surface area (TPSA) is 112 Å². The molecule has 0 saturated carbocycles. The smallest absolute Gasteiger partial charge is 0.457 e. The second-order valence-corrected chi connectivity index (χ2v) is 12.5. The van der Waals surface area contributed by atoms with Gasteiger partial charge < -0.3 is 29.4 Å². The third-order valence-corrected chi connectivity index (χ3v) is 6.09. The molecule has 2 amide bonds. The van der Waals surface area contributed by atoms with Crippen LogP contribution in [0.3, 0.4) is 0 Å². The largest absolute Gasteiger partial charge is 0.460 e. The minimum Gasteiger partial charge on any atom is -0.460 e. The zero-order valence-electron chi connectivity index (χ0n) is 24.4. The van der Waals surface area contributed by atoms with Gasteiger partial charge in [-0.1, -0.05) is 19.1 Å². The number of amides is 2. The standard InChI is InChI=1S/C27H47BN2O7/c1-13-20(30-23(33)35-25(6,7)8)22(32)29-18(2)19(17-21(31)34-24(3,4)5)15-14-16-28-36-26(9,10)27(11,12)37-28/h13,19-20H,1-2,14-17H2,3-12H3,(H,29,32)(H,30,33)/t19-,20+/m1/s1. The van der Waals surface area contributed by atoms with Gasteiger partial charge in [-0.15, -0.1) is 6.58 Å². The number of alkyl carbamates (subject to hydrolysis) is 1. The van der Waals surface area contributed by atoms with Crippen LogP contribution in [0.15, 0.2) is 24.9 Å². The van der Waals surface area contributed by atoms with Gasteiger partial charge in [0, 0.05) is 11.6 Å². The minimum absolute atomic E-state index is 0.0397. The summed E-state index contributed by atoms with van der Waals surface area (Å²) in [7, 11) is -0.363. The molecule has 0 aliphatic carbocycles. The summed E-state index contributed by atoms with van der Waals surface area (Å²) in [6.45, 7) is 26.2. The summed E-state index contributed by atoms with van der Waals surface area (Å²) in [5.74, 6) is -1.32. The van der Waals surface area contributed by atoms with Gasteiger partial charge in [0.25, 0.3) is 5.91 Å². The molecule has 0 aromatic heterocycles. The van der Waals surface area contributed by atoms with Crippen molar-refractivity contribution in [3.8, 4) is 0 Å². The molecule has 0 unspecified atom stereocenters. The van der Waals surface area contributed by atoms with Gasteiger partial charge in [0.05, 0.1) is 17.6 Å². The summed E-state index contributed by atoms with van der Waals surface area (Å²) in [6, 6.07) is -1.04. The molecule has 9 nitrogen and oxygen atoms in total. The van der Waals surface area contributed by atoms with Crippen LogP contribution < -0.4 is 10.6 Å². The molecule has 0 bridgehead atoms. The maximum absolute atomic E-state index is 12.9. The van der Waals surface area contributed by atoms with E-state index in [2.05, 4.69) is 23.8 Å². The summed E-state index contributed by atoms with van der Waals surface area (Å²) in [5.41, 5.74) is -1.85. The first-order chi connectivity index (χ1) is 16.7. The van der Waals surface area contributed by atoms with E-state index < -0.39 is 52.3 Å². The van der Waals surface area contributed by atoms with Crippen molar-refractivity contribution in [3.63, 3.8) is 0 Å². The molecule has 1 rings (SSSR count). The van der Waals surface area contributed by atoms with E-state index in [9.17, 15) is 14.4 Å². The third-order valence-electron chi connectivity index (χ3n) is 6.09. The fourth-order valence-corrected chi connectivity index (χ4v) is 3.60. The first kappa shape index (κ1) is 32.7. The Bertz CT molecular complexity index is 840. The Balaban J connectivity index is 2.84. The van der Waals surface area contributed by atoms with Crippen molar-refractivity contribution in [1.82, 2.24) is 10.6 Å². The van der Waals surface area contributed by atoms with Crippen molar-refractivity contribution in [2.75, 3.05) is 0 Å². The van der Waals surface area contributed by atoms with Crippen LogP contribution in [0.5, 0.6) is 0 Å². The first-order valence-corrected chi connectivity index (χ1v) is 12.8. The van der Waals surface area contributed by atoms with Crippen LogP contribution in [0.2, 0.25) is 6.32 Å². The Labute approximate surface area is 223 Å². The lowest BCUT2D eigenvalue weighted by Gasteiger charge is -2.32. The van der Waals surface area contributed by atoms with Crippen LogP contribution in [0.1, 0.15) is 88.5 Å². The van der Waals surface area contributed by atoms with Crippen LogP contribution in [0.4, 0.5) is 4.79 Å². The Morgan fingerprint density at radius 3 is 1.95 bits per heavy atom. The van der Waals surface area contributed by atoms with Crippen LogP contribution in [0, 0.1) is 5.92 Å². The number of hydrogen-bond acceptors (Lipinski definition) is 7. The summed E-state index contributed by atoms with van der Waals surface area (Å²) in [4.78, 5) is 37.6. The van der Waals surface area contributed by atoms with Crippen LogP contribution >= 0.6 is 0 Å². The van der Waals surface area contributed by atoms with E-state index in [-0.39, 0.29) is 13.5 Å². The number of carbonyl (C=O) groups excluding carboxylic acids is 3. The molecular formula is C27H47BN2O7. The van der Waals surface area contributed by atoms with Gasteiger partial charge in [-0.2, -0.15) is 0 Å². The lowest BCUT2D eigenvalue weighted by Crippen LogP contribution is -2.47. The SMILES string of the molecule is C=C[C@H](NC(=O)OC(C)(C)C)C(=O)NC(=C)[C@H](CCCB1OC(C)(C)C(C)(C)O1)CC(=O)OC(C)(C)C. The van der Waals surface area contributed by atoms with Gasteiger partial charge >= 0.3 is 19.2 Å². The van der Waals surface area contributed by atoms with E-state index in [0.29, 0.717) is 24.9 Å². The van der Waals surface area contributed by atoms with E-state index >= 15 is 0 Å². The number of hydrogen-bond donors (Lipinski definition) is 2. The average Bonchev–Trinajstić information content (AvgIpc) is 2.88. The number of carbonyl (C=O) groups is 3. The molecule has 1 heterocycles. The second kappa shape index (κ2) is 12.5. The maximum atomic E-state index is 12.9. The van der Waals surface area contributed by atoms with E-state index in [1.807, 2.05) is 27.7 Å². The molecule has 210 valence electrons. The van der Waals surface area contributed by atoms with Crippen molar-refractivity contribution in [2.24, 2.45) is 5.92 Å². The molecule has 0 aromatic rings. The van der Waals surface area contributed by atoms with Crippen LogP contribution in [-0.4, -0.2) is 53.5 Å². The highest BCUT2D eigenvalue weighted by atomic mass is 16.7. The van der Waals surface area contributed by atoms with Gasteiger partial charge in [0.15, 0.2) is 0 Å². The van der Waals surface area contributed by atoms with Crippen molar-refractivity contribution in [2.45, 2.75) is 123 Å². The van der Waals surface area contributed by atoms with Crippen molar-refractivity contribution >= 4 is 25.1 Å². The highest BCUT2D eigenvalue weighted by Crippen LogP contribution is 2.38. The van der Waals surface area contributed by atoms with Gasteiger partial charge in [0.2, 0.25) is 0 Å². The molecule has 1 saturated heterocycles. The highest BCUT2D eigenvalue weighted by Gasteiger charge is 2.50. The highest BCUT2D eigenvalue weighted by molar-refractivity contribution is 6.45. The predicted molar refractivity (Wildman–Crippen MR) is 145 cm³/mol. The van der Waals surface area contributed by atoms with E-state index in [0.717, 1.165) is 0 Å². The Kier molecular flexibility index (Phi) is 11.0. The first-order valence-electron chi connectivity index (χ1n) is 12.8. The fourth-order valence-electron chi connectivity index (χ4n) is 3.60. The molecule has 1 fully saturated rings. The van der Waals surface area contributed by atoms with Gasteiger partial charge in [-0.25, -0.2) is 4.79 Å². The van der Waals surface area contributed by atoms with Gasteiger partial charge in [-0.05, 0) is 82.0 Å². The van der Waals surface area contributed by atoms with E-state index in [1.54, 1.807) is 41.5 Å². The molecule has 2 N–H and O–H groups in total. The predicted octanol–water partition coefficient (Wildman–Crippen LogP) is 4.92. The monoisotopic (exact) mass is 522 g/mol. The molecule has 0 radical (unpaired) electrons. The lowest BCUT2D eigenvalue weighted by molar-refractivity contribution is -0.155. The molecule has 37 heavy (non-hydrogen) atoms. The normalized spacial score (nSPS) is 18.4. The minimum atomic E-state index is -1.04. The quantitative estimate of drug-likeness (QED) is 0.225. The number of nitrogens with one attached hydrogen (secondary N) is 2. The molecule has 1 aliphatic heterocycles. The summed E-state index contributed by atoms with van der Waals surface area (Å²) < 4.78 is 22.8. The van der Waals surface area contributed by atoms with E-state index in [1.165, 1.54) is 6.08 Å². The molecule has 10 heteroatoms. The molecule has 2 atom stereocenters. The number of ether oxygens (including phenoxy) is 2. The lowest BCUT2D eigenvalue weighted by atomic mass is 9.80. The van der Waals surface area contributed by atoms with E-state index in [4.69, 9.17) is 18.8 Å². The fraction of sp³-hybridized carbons (Fsp3) is 0.741. The summed E-state index contributed by atoms with van der Waals surface area (Å²) in [6.07, 6.45) is 2.42. The molecular weight excluding hydrogens is 475 g/mol. The zero-order valence-corrected chi connectivity index (χ0v) is 24.4. The summed E-state index contributed by atoms with van der Waals surface area (Å²) in [5, 5.41) is 5.20. The van der Waals surface area contributed by atoms with Crippen molar-refractivity contribution < 1.29 is 33.2 Å². The van der Waals surface area contributed by atoms with Gasteiger partial charge in [-0.3, -0.25) is 9.59 Å². The second-order valence-electron chi connectivity index (χ2n) is 12.5. The average molecular weight is 522 g/mol. The van der Waals surface area contributed by atoms with Crippen molar-refractivity contribution in [1.29, 1.82) is 0 Å². The molecule has 0 spiro atoms. The summed E-state index contributed by atoms with van der Waals surface area (Å²) >= 11 is 0. The Morgan fingerprint density at radius 2 is 1.49 bits per heavy atom. The maximum Gasteiger partial charge on any atom is 0.457 e. The number of rotatable bonds is 11. The third kappa shape index (κ3) is 11.3. The molecule has 0 aromatic carbocycles. The Morgan fingerprint density at radius 1 is 0.973 bits per heavy atom. The van der Waals surface area contributed by atoms with Gasteiger partial charge in [0.1, 0.15) is 17.2 Å². The van der Waals surface area contributed by atoms with Crippen molar-refractivity contribution in [3.05, 3.63) is 24.9 Å². The zero-order chi connectivity index (χ0) is 28.8. The number of allylic oxidation sites excluding steroid dienone is 1.